The lowest BCUT2D eigenvalue weighted by molar-refractivity contribution is -0.121. The fourth-order valence-electron chi connectivity index (χ4n) is 2.03. The van der Waals surface area contributed by atoms with Crippen molar-refractivity contribution in [3.63, 3.8) is 0 Å². The summed E-state index contributed by atoms with van der Waals surface area (Å²) in [7, 11) is 0. The molecule has 1 heterocycles. The molecule has 0 atom stereocenters. The van der Waals surface area contributed by atoms with E-state index in [1.54, 1.807) is 0 Å². The van der Waals surface area contributed by atoms with E-state index in [4.69, 9.17) is 0 Å². The number of nitrogens with one attached hydrogen (secondary N) is 1. The molecule has 0 aromatic heterocycles. The molecule has 0 aromatic carbocycles. The van der Waals surface area contributed by atoms with Crippen LogP contribution in [-0.4, -0.2) is 37.0 Å². The molecule has 0 spiro atoms. The van der Waals surface area contributed by atoms with Gasteiger partial charge in [-0.2, -0.15) is 0 Å². The van der Waals surface area contributed by atoms with Gasteiger partial charge in [0.05, 0.1) is 0 Å². The van der Waals surface area contributed by atoms with Gasteiger partial charge in [0.15, 0.2) is 0 Å². The van der Waals surface area contributed by atoms with Crippen molar-refractivity contribution in [3.05, 3.63) is 0 Å². The first-order valence-electron chi connectivity index (χ1n) is 6.67. The second-order valence-electron chi connectivity index (χ2n) is 5.18. The van der Waals surface area contributed by atoms with Gasteiger partial charge in [-0.1, -0.05) is 20.3 Å². The maximum Gasteiger partial charge on any atom is 0.221 e. The molecule has 0 unspecified atom stereocenters. The highest BCUT2D eigenvalue weighted by molar-refractivity contribution is 5.75. The summed E-state index contributed by atoms with van der Waals surface area (Å²) in [5.41, 5.74) is 0. The van der Waals surface area contributed by atoms with Crippen LogP contribution in [0.25, 0.3) is 0 Å². The lowest BCUT2D eigenvalue weighted by atomic mass is 10.1. The number of carbonyl (C=O) groups excluding carboxylic acids is 1. The van der Waals surface area contributed by atoms with Crippen LogP contribution in [0, 0.1) is 5.92 Å². The lowest BCUT2D eigenvalue weighted by Gasteiger charge is -2.25. The van der Waals surface area contributed by atoms with Crippen LogP contribution < -0.4 is 5.32 Å². The van der Waals surface area contributed by atoms with Crippen molar-refractivity contribution in [2.75, 3.05) is 26.2 Å². The van der Waals surface area contributed by atoms with Gasteiger partial charge in [-0.25, -0.2) is 0 Å². The van der Waals surface area contributed by atoms with Crippen LogP contribution in [0.15, 0.2) is 0 Å². The highest BCUT2D eigenvalue weighted by Crippen LogP contribution is 2.08. The molecule has 0 radical (unpaired) electrons. The van der Waals surface area contributed by atoms with Crippen molar-refractivity contribution in [1.29, 1.82) is 0 Å². The van der Waals surface area contributed by atoms with Crippen LogP contribution in [0.3, 0.4) is 0 Å². The van der Waals surface area contributed by atoms with E-state index in [1.165, 1.54) is 32.4 Å². The Hall–Kier alpha value is -0.570. The summed E-state index contributed by atoms with van der Waals surface area (Å²) in [6.45, 7) is 8.49. The van der Waals surface area contributed by atoms with Crippen molar-refractivity contribution >= 4 is 5.91 Å². The van der Waals surface area contributed by atoms with Crippen molar-refractivity contribution < 1.29 is 4.79 Å². The molecular formula is C13H26N2O. The lowest BCUT2D eigenvalue weighted by Crippen LogP contribution is -2.34. The average molecular weight is 226 g/mol. The highest BCUT2D eigenvalue weighted by atomic mass is 16.1. The summed E-state index contributed by atoms with van der Waals surface area (Å²) in [5.74, 6) is 0.883. The molecule has 1 rings (SSSR count). The predicted molar refractivity (Wildman–Crippen MR) is 67.4 cm³/mol. The van der Waals surface area contributed by atoms with Crippen molar-refractivity contribution in [3.8, 4) is 0 Å². The van der Waals surface area contributed by atoms with E-state index in [0.29, 0.717) is 12.3 Å². The number of hydrogen-bond donors (Lipinski definition) is 1. The molecule has 0 aliphatic carbocycles. The summed E-state index contributed by atoms with van der Waals surface area (Å²) >= 11 is 0. The number of rotatable bonds is 6. The second-order valence-corrected chi connectivity index (χ2v) is 5.18. The number of likely N-dealkylation sites (tertiary alicyclic amines) is 1. The second kappa shape index (κ2) is 7.66. The Morgan fingerprint density at radius 1 is 1.25 bits per heavy atom. The maximum atomic E-state index is 11.5. The first-order valence-corrected chi connectivity index (χ1v) is 6.67. The van der Waals surface area contributed by atoms with Crippen LogP contribution in [0.4, 0.5) is 0 Å². The Kier molecular flexibility index (Phi) is 6.46. The number of hydrogen-bond acceptors (Lipinski definition) is 2. The Morgan fingerprint density at radius 3 is 2.56 bits per heavy atom. The largest absolute Gasteiger partial charge is 0.356 e. The zero-order valence-electron chi connectivity index (χ0n) is 10.8. The van der Waals surface area contributed by atoms with Crippen LogP contribution in [0.1, 0.15) is 46.0 Å². The minimum atomic E-state index is 0.214. The van der Waals surface area contributed by atoms with E-state index in [9.17, 15) is 4.79 Å². The fraction of sp³-hybridized carbons (Fsp3) is 0.923. The minimum absolute atomic E-state index is 0.214. The Balaban J connectivity index is 2.00. The molecule has 1 N–H and O–H groups in total. The van der Waals surface area contributed by atoms with Gasteiger partial charge in [0.1, 0.15) is 0 Å². The predicted octanol–water partition coefficient (Wildman–Crippen LogP) is 2.02. The van der Waals surface area contributed by atoms with Gasteiger partial charge in [-0.15, -0.1) is 0 Å². The van der Waals surface area contributed by atoms with Gasteiger partial charge < -0.3 is 10.2 Å². The molecule has 0 saturated carbocycles. The average Bonchev–Trinajstić information content (AvgIpc) is 2.27. The zero-order valence-corrected chi connectivity index (χ0v) is 10.8. The van der Waals surface area contributed by atoms with E-state index in [-0.39, 0.29) is 5.91 Å². The molecule has 0 aromatic rings. The summed E-state index contributed by atoms with van der Waals surface area (Å²) in [6.07, 6.45) is 5.70. The van der Waals surface area contributed by atoms with E-state index < -0.39 is 0 Å². The zero-order chi connectivity index (χ0) is 11.8. The van der Waals surface area contributed by atoms with Crippen LogP contribution >= 0.6 is 0 Å². The Labute approximate surface area is 99.6 Å². The van der Waals surface area contributed by atoms with E-state index in [2.05, 4.69) is 24.1 Å². The quantitative estimate of drug-likeness (QED) is 0.751. The molecule has 1 amide bonds. The maximum absolute atomic E-state index is 11.5. The SMILES string of the molecule is CC(C)CCNC(=O)CCN1CCCCC1. The Bertz CT molecular complexity index is 198. The van der Waals surface area contributed by atoms with Crippen LogP contribution in [0.2, 0.25) is 0 Å². The third-order valence-corrected chi connectivity index (χ3v) is 3.15. The van der Waals surface area contributed by atoms with E-state index in [0.717, 1.165) is 19.5 Å². The van der Waals surface area contributed by atoms with Crippen molar-refractivity contribution in [2.45, 2.75) is 46.0 Å². The summed E-state index contributed by atoms with van der Waals surface area (Å²) < 4.78 is 0. The first kappa shape index (κ1) is 13.5. The summed E-state index contributed by atoms with van der Waals surface area (Å²) in [6, 6.07) is 0. The van der Waals surface area contributed by atoms with Gasteiger partial charge in [0, 0.05) is 19.5 Å². The fourth-order valence-corrected chi connectivity index (χ4v) is 2.03. The first-order chi connectivity index (χ1) is 7.68. The molecule has 1 fully saturated rings. The van der Waals surface area contributed by atoms with Gasteiger partial charge in [0.25, 0.3) is 0 Å². The minimum Gasteiger partial charge on any atom is -0.356 e. The van der Waals surface area contributed by atoms with Crippen LogP contribution in [-0.2, 0) is 4.79 Å². The molecule has 3 heteroatoms. The molecule has 1 saturated heterocycles. The third-order valence-electron chi connectivity index (χ3n) is 3.15. The Morgan fingerprint density at radius 2 is 1.94 bits per heavy atom. The molecule has 16 heavy (non-hydrogen) atoms. The molecule has 3 nitrogen and oxygen atoms in total. The van der Waals surface area contributed by atoms with Crippen molar-refractivity contribution in [1.82, 2.24) is 10.2 Å². The number of piperidine rings is 1. The van der Waals surface area contributed by atoms with Gasteiger partial charge in [0.2, 0.25) is 5.91 Å². The van der Waals surface area contributed by atoms with Crippen LogP contribution in [0.5, 0.6) is 0 Å². The number of nitrogens with zero attached hydrogens (tertiary/aromatic N) is 1. The standard InChI is InChI=1S/C13H26N2O/c1-12(2)6-8-14-13(16)7-11-15-9-4-3-5-10-15/h12H,3-11H2,1-2H3,(H,14,16). The third kappa shape index (κ3) is 6.11. The van der Waals surface area contributed by atoms with E-state index >= 15 is 0 Å². The number of carbonyl (C=O) groups is 1. The number of amides is 1. The van der Waals surface area contributed by atoms with E-state index in [1.807, 2.05) is 0 Å². The van der Waals surface area contributed by atoms with Gasteiger partial charge >= 0.3 is 0 Å². The molecular weight excluding hydrogens is 200 g/mol. The molecule has 1 aliphatic rings. The monoisotopic (exact) mass is 226 g/mol. The molecule has 94 valence electrons. The molecule has 0 bridgehead atoms. The topological polar surface area (TPSA) is 32.3 Å². The highest BCUT2D eigenvalue weighted by Gasteiger charge is 2.11. The van der Waals surface area contributed by atoms with Gasteiger partial charge in [-0.3, -0.25) is 4.79 Å². The molecule has 1 aliphatic heterocycles. The smallest absolute Gasteiger partial charge is 0.221 e. The van der Waals surface area contributed by atoms with Gasteiger partial charge in [-0.05, 0) is 38.3 Å². The summed E-state index contributed by atoms with van der Waals surface area (Å²) in [5, 5.41) is 2.99. The normalized spacial score (nSPS) is 17.7. The summed E-state index contributed by atoms with van der Waals surface area (Å²) in [4.78, 5) is 13.9. The van der Waals surface area contributed by atoms with Crippen molar-refractivity contribution in [2.24, 2.45) is 5.92 Å².